The minimum atomic E-state index is -0.164. The van der Waals surface area contributed by atoms with Crippen LogP contribution >= 0.6 is 23.2 Å². The summed E-state index contributed by atoms with van der Waals surface area (Å²) in [6, 6.07) is 2.97. The van der Waals surface area contributed by atoms with Crippen LogP contribution in [0.2, 0.25) is 10.0 Å². The van der Waals surface area contributed by atoms with Crippen LogP contribution in [-0.4, -0.2) is 42.2 Å². The second-order valence-electron chi connectivity index (χ2n) is 4.45. The lowest BCUT2D eigenvalue weighted by molar-refractivity contribution is 0.0677. The van der Waals surface area contributed by atoms with Crippen molar-refractivity contribution < 1.29 is 14.6 Å². The lowest BCUT2D eigenvalue weighted by atomic mass is 10.1. The molecule has 1 unspecified atom stereocenters. The zero-order chi connectivity index (χ0) is 14.0. The molecule has 1 aromatic rings. The summed E-state index contributed by atoms with van der Waals surface area (Å²) < 4.78 is 5.05. The molecule has 0 spiro atoms. The van der Waals surface area contributed by atoms with E-state index >= 15 is 0 Å². The second kappa shape index (κ2) is 5.99. The summed E-state index contributed by atoms with van der Waals surface area (Å²) in [5, 5.41) is 9.87. The molecule has 19 heavy (non-hydrogen) atoms. The van der Waals surface area contributed by atoms with Gasteiger partial charge in [0.25, 0.3) is 5.91 Å². The Labute approximate surface area is 121 Å². The molecule has 6 heteroatoms. The SMILES string of the molecule is COc1c(Cl)cc(C(=O)N2CCCC2CO)cc1Cl. The number of hydrogen-bond acceptors (Lipinski definition) is 3. The van der Waals surface area contributed by atoms with Crippen molar-refractivity contribution in [1.29, 1.82) is 0 Å². The van der Waals surface area contributed by atoms with Gasteiger partial charge in [-0.25, -0.2) is 0 Å². The number of aliphatic hydroxyl groups is 1. The Hall–Kier alpha value is -0.970. The molecular formula is C13H15Cl2NO3. The van der Waals surface area contributed by atoms with E-state index in [1.165, 1.54) is 7.11 Å². The molecule has 1 aliphatic rings. The third-order valence-corrected chi connectivity index (χ3v) is 3.86. The molecule has 4 nitrogen and oxygen atoms in total. The predicted molar refractivity (Wildman–Crippen MR) is 74.2 cm³/mol. The van der Waals surface area contributed by atoms with E-state index < -0.39 is 0 Å². The monoisotopic (exact) mass is 303 g/mol. The maximum absolute atomic E-state index is 12.4. The number of carbonyl (C=O) groups is 1. The first kappa shape index (κ1) is 14.4. The van der Waals surface area contributed by atoms with Crippen molar-refractivity contribution in [3.8, 4) is 5.75 Å². The molecule has 1 aliphatic heterocycles. The number of likely N-dealkylation sites (tertiary alicyclic amines) is 1. The van der Waals surface area contributed by atoms with E-state index in [4.69, 9.17) is 27.9 Å². The van der Waals surface area contributed by atoms with Gasteiger partial charge in [0.1, 0.15) is 0 Å². The molecule has 0 radical (unpaired) electrons. The van der Waals surface area contributed by atoms with E-state index in [1.807, 2.05) is 0 Å². The molecule has 1 amide bonds. The molecule has 1 aromatic carbocycles. The number of ether oxygens (including phenoxy) is 1. The van der Waals surface area contributed by atoms with E-state index in [0.29, 0.717) is 27.9 Å². The Balaban J connectivity index is 2.29. The minimum Gasteiger partial charge on any atom is -0.494 e. The third kappa shape index (κ3) is 2.81. The van der Waals surface area contributed by atoms with E-state index in [0.717, 1.165) is 12.8 Å². The summed E-state index contributed by atoms with van der Waals surface area (Å²) in [6.07, 6.45) is 1.72. The standard InChI is InChI=1S/C13H15Cl2NO3/c1-19-12-10(14)5-8(6-11(12)15)13(18)16-4-2-3-9(16)7-17/h5-6,9,17H,2-4,7H2,1H3. The summed E-state index contributed by atoms with van der Waals surface area (Å²) in [7, 11) is 1.47. The minimum absolute atomic E-state index is 0.0244. The van der Waals surface area contributed by atoms with Crippen molar-refractivity contribution in [2.45, 2.75) is 18.9 Å². The first-order chi connectivity index (χ1) is 9.08. The number of aliphatic hydroxyl groups excluding tert-OH is 1. The number of halogens is 2. The molecule has 1 heterocycles. The molecule has 1 N–H and O–H groups in total. The van der Waals surface area contributed by atoms with Crippen molar-refractivity contribution in [3.63, 3.8) is 0 Å². The Morgan fingerprint density at radius 3 is 2.63 bits per heavy atom. The first-order valence-electron chi connectivity index (χ1n) is 6.03. The van der Waals surface area contributed by atoms with Crippen molar-refractivity contribution >= 4 is 29.1 Å². The topological polar surface area (TPSA) is 49.8 Å². The van der Waals surface area contributed by atoms with Crippen molar-refractivity contribution in [1.82, 2.24) is 4.90 Å². The van der Waals surface area contributed by atoms with Crippen LogP contribution in [0.3, 0.4) is 0 Å². The summed E-state index contributed by atoms with van der Waals surface area (Å²) in [6.45, 7) is 0.620. The zero-order valence-electron chi connectivity index (χ0n) is 10.5. The van der Waals surface area contributed by atoms with Crippen LogP contribution in [0.25, 0.3) is 0 Å². The van der Waals surface area contributed by atoms with Crippen LogP contribution in [0, 0.1) is 0 Å². The van der Waals surface area contributed by atoms with Crippen molar-refractivity contribution in [2.75, 3.05) is 20.3 Å². The fraction of sp³-hybridized carbons (Fsp3) is 0.462. The average molecular weight is 304 g/mol. The molecule has 0 aliphatic carbocycles. The Bertz CT molecular complexity index is 470. The molecule has 0 saturated carbocycles. The fourth-order valence-electron chi connectivity index (χ4n) is 2.34. The van der Waals surface area contributed by atoms with Crippen LogP contribution < -0.4 is 4.74 Å². The number of carbonyl (C=O) groups excluding carboxylic acids is 1. The quantitative estimate of drug-likeness (QED) is 0.934. The number of nitrogens with zero attached hydrogens (tertiary/aromatic N) is 1. The molecule has 1 atom stereocenters. The van der Waals surface area contributed by atoms with Crippen LogP contribution in [-0.2, 0) is 0 Å². The highest BCUT2D eigenvalue weighted by Crippen LogP contribution is 2.34. The van der Waals surface area contributed by atoms with E-state index in [9.17, 15) is 9.90 Å². The molecule has 0 aromatic heterocycles. The molecular weight excluding hydrogens is 289 g/mol. The predicted octanol–water partition coefficient (Wildman–Crippen LogP) is 2.60. The summed E-state index contributed by atoms with van der Waals surface area (Å²) in [5.74, 6) is 0.197. The Morgan fingerprint density at radius 2 is 2.11 bits per heavy atom. The summed E-state index contributed by atoms with van der Waals surface area (Å²) >= 11 is 12.1. The number of hydrogen-bond donors (Lipinski definition) is 1. The van der Waals surface area contributed by atoms with Crippen LogP contribution in [0.15, 0.2) is 12.1 Å². The second-order valence-corrected chi connectivity index (χ2v) is 5.26. The maximum Gasteiger partial charge on any atom is 0.254 e. The fourth-order valence-corrected chi connectivity index (χ4v) is 2.98. The number of benzene rings is 1. The summed E-state index contributed by atoms with van der Waals surface area (Å²) in [4.78, 5) is 14.0. The Kier molecular flexibility index (Phi) is 4.55. The molecule has 104 valence electrons. The van der Waals surface area contributed by atoms with Gasteiger partial charge in [-0.1, -0.05) is 23.2 Å². The maximum atomic E-state index is 12.4. The van der Waals surface area contributed by atoms with Gasteiger partial charge in [-0.05, 0) is 25.0 Å². The van der Waals surface area contributed by atoms with Crippen molar-refractivity contribution in [3.05, 3.63) is 27.7 Å². The van der Waals surface area contributed by atoms with Gasteiger partial charge in [-0.15, -0.1) is 0 Å². The third-order valence-electron chi connectivity index (χ3n) is 3.30. The molecule has 1 fully saturated rings. The number of amides is 1. The van der Waals surface area contributed by atoms with E-state index in [-0.39, 0.29) is 18.6 Å². The van der Waals surface area contributed by atoms with Crippen LogP contribution in [0.4, 0.5) is 0 Å². The van der Waals surface area contributed by atoms with E-state index in [1.54, 1.807) is 17.0 Å². The van der Waals surface area contributed by atoms with Gasteiger partial charge in [0.15, 0.2) is 5.75 Å². The Morgan fingerprint density at radius 1 is 1.47 bits per heavy atom. The van der Waals surface area contributed by atoms with Gasteiger partial charge in [0, 0.05) is 12.1 Å². The van der Waals surface area contributed by atoms with Crippen LogP contribution in [0.5, 0.6) is 5.75 Å². The van der Waals surface area contributed by atoms with Gasteiger partial charge in [0.05, 0.1) is 29.8 Å². The molecule has 1 saturated heterocycles. The van der Waals surface area contributed by atoms with Gasteiger partial charge in [0.2, 0.25) is 0 Å². The highest BCUT2D eigenvalue weighted by molar-refractivity contribution is 6.37. The van der Waals surface area contributed by atoms with Gasteiger partial charge < -0.3 is 14.7 Å². The normalized spacial score (nSPS) is 18.7. The highest BCUT2D eigenvalue weighted by Gasteiger charge is 2.29. The van der Waals surface area contributed by atoms with Crippen LogP contribution in [0.1, 0.15) is 23.2 Å². The largest absolute Gasteiger partial charge is 0.494 e. The summed E-state index contributed by atoms with van der Waals surface area (Å²) in [5.41, 5.74) is 0.413. The van der Waals surface area contributed by atoms with Gasteiger partial charge in [-0.3, -0.25) is 4.79 Å². The van der Waals surface area contributed by atoms with Gasteiger partial charge >= 0.3 is 0 Å². The molecule has 0 bridgehead atoms. The van der Waals surface area contributed by atoms with Gasteiger partial charge in [-0.2, -0.15) is 0 Å². The van der Waals surface area contributed by atoms with E-state index in [2.05, 4.69) is 0 Å². The average Bonchev–Trinajstić information content (AvgIpc) is 2.85. The number of rotatable bonds is 3. The zero-order valence-corrected chi connectivity index (χ0v) is 12.0. The van der Waals surface area contributed by atoms with Crippen molar-refractivity contribution in [2.24, 2.45) is 0 Å². The lowest BCUT2D eigenvalue weighted by Crippen LogP contribution is -2.37. The smallest absolute Gasteiger partial charge is 0.254 e. The first-order valence-corrected chi connectivity index (χ1v) is 6.79. The lowest BCUT2D eigenvalue weighted by Gasteiger charge is -2.23. The molecule has 2 rings (SSSR count). The number of methoxy groups -OCH3 is 1. The highest BCUT2D eigenvalue weighted by atomic mass is 35.5.